The van der Waals surface area contributed by atoms with E-state index in [0.717, 1.165) is 0 Å². The molecule has 12 heteroatoms. The number of hydrogen-bond donors (Lipinski definition) is 0. The lowest BCUT2D eigenvalue weighted by Gasteiger charge is -2.26. The van der Waals surface area contributed by atoms with Gasteiger partial charge >= 0.3 is 27.9 Å². The van der Waals surface area contributed by atoms with Crippen molar-refractivity contribution in [1.82, 2.24) is 0 Å². The highest BCUT2D eigenvalue weighted by Gasteiger charge is 2.27. The van der Waals surface area contributed by atoms with Gasteiger partial charge in [0.05, 0.1) is 0 Å². The van der Waals surface area contributed by atoms with Crippen LogP contribution in [0, 0.1) is 0 Å². The summed E-state index contributed by atoms with van der Waals surface area (Å²) < 4.78 is 32.7. The van der Waals surface area contributed by atoms with Crippen LogP contribution in [0.3, 0.4) is 0 Å². The standard InChI is InChI=1S/C10H18O2Si2.2C5H16O2Si2/c1-11-13(2)12-14(3,4)10-8-6-5-7-9-10;2*1-6-8(2)7-9(3,4)5/h5-9,13H,1-4H3;2*8H,1-5H3. The molecule has 0 aliphatic carbocycles. The molecule has 0 bridgehead atoms. The van der Waals surface area contributed by atoms with Gasteiger partial charge in [-0.1, -0.05) is 30.3 Å². The Morgan fingerprint density at radius 3 is 1.09 bits per heavy atom. The molecule has 0 saturated heterocycles. The van der Waals surface area contributed by atoms with Crippen molar-refractivity contribution in [2.75, 3.05) is 21.3 Å². The molecule has 0 N–H and O–H groups in total. The Morgan fingerprint density at radius 2 is 0.844 bits per heavy atom. The van der Waals surface area contributed by atoms with Crippen LogP contribution < -0.4 is 5.19 Å². The molecule has 1 rings (SSSR count). The number of rotatable bonds is 10. The van der Waals surface area contributed by atoms with E-state index < -0.39 is 52.8 Å². The van der Waals surface area contributed by atoms with Crippen LogP contribution in [-0.2, 0) is 25.6 Å². The Labute approximate surface area is 206 Å². The van der Waals surface area contributed by atoms with Crippen molar-refractivity contribution in [3.8, 4) is 0 Å². The van der Waals surface area contributed by atoms with Crippen LogP contribution in [0.25, 0.3) is 0 Å². The number of benzene rings is 1. The summed E-state index contributed by atoms with van der Waals surface area (Å²) in [5, 5.41) is 1.33. The molecule has 32 heavy (non-hydrogen) atoms. The first-order valence-corrected chi connectivity index (χ1v) is 27.2. The fourth-order valence-corrected chi connectivity index (χ4v) is 16.4. The summed E-state index contributed by atoms with van der Waals surface area (Å²) in [5.41, 5.74) is 0. The molecular formula is C20H50O6Si6. The molecule has 0 aliphatic heterocycles. The average Bonchev–Trinajstić information content (AvgIpc) is 2.66. The summed E-state index contributed by atoms with van der Waals surface area (Å²) in [5.74, 6) is 0. The summed E-state index contributed by atoms with van der Waals surface area (Å²) in [4.78, 5) is 0. The second-order valence-corrected chi connectivity index (χ2v) is 29.6. The smallest absolute Gasteiger partial charge is 0.307 e. The molecule has 0 saturated carbocycles. The van der Waals surface area contributed by atoms with Crippen LogP contribution in [0.15, 0.2) is 30.3 Å². The fraction of sp³-hybridized carbons (Fsp3) is 0.700. The van der Waals surface area contributed by atoms with Crippen molar-refractivity contribution in [3.05, 3.63) is 30.3 Å². The van der Waals surface area contributed by atoms with E-state index in [4.69, 9.17) is 25.6 Å². The van der Waals surface area contributed by atoms with Crippen molar-refractivity contribution in [3.63, 3.8) is 0 Å². The molecule has 0 radical (unpaired) electrons. The fourth-order valence-electron chi connectivity index (χ4n) is 2.46. The maximum atomic E-state index is 6.03. The molecule has 0 spiro atoms. The van der Waals surface area contributed by atoms with Crippen LogP contribution in [-0.4, -0.2) is 74.1 Å². The average molecular weight is 555 g/mol. The first kappa shape index (κ1) is 34.4. The van der Waals surface area contributed by atoms with E-state index in [1.165, 1.54) is 5.19 Å². The van der Waals surface area contributed by atoms with Gasteiger partial charge in [-0.25, -0.2) is 0 Å². The van der Waals surface area contributed by atoms with E-state index in [0.29, 0.717) is 0 Å². The van der Waals surface area contributed by atoms with Crippen molar-refractivity contribution in [1.29, 1.82) is 0 Å². The summed E-state index contributed by atoms with van der Waals surface area (Å²) in [6, 6.07) is 10.4. The molecule has 1 aromatic carbocycles. The second kappa shape index (κ2) is 16.8. The molecule has 0 fully saturated rings. The minimum atomic E-state index is -1.73. The van der Waals surface area contributed by atoms with E-state index in [9.17, 15) is 0 Å². The third-order valence-corrected chi connectivity index (χ3v) is 19.7. The minimum Gasteiger partial charge on any atom is -0.438 e. The lowest BCUT2D eigenvalue weighted by molar-refractivity contribution is 0.339. The van der Waals surface area contributed by atoms with E-state index in [1.807, 2.05) is 6.07 Å². The molecule has 0 aromatic heterocycles. The van der Waals surface area contributed by atoms with Crippen molar-refractivity contribution >= 4 is 58.0 Å². The van der Waals surface area contributed by atoms with Crippen LogP contribution >= 0.6 is 0 Å². The highest BCUT2D eigenvalue weighted by Crippen LogP contribution is 2.07. The Morgan fingerprint density at radius 1 is 0.531 bits per heavy atom. The summed E-state index contributed by atoms with van der Waals surface area (Å²) in [6.07, 6.45) is 0. The predicted molar refractivity (Wildman–Crippen MR) is 154 cm³/mol. The molecule has 3 unspecified atom stereocenters. The normalized spacial score (nSPS) is 14.9. The topological polar surface area (TPSA) is 55.4 Å². The van der Waals surface area contributed by atoms with E-state index in [-0.39, 0.29) is 0 Å². The third kappa shape index (κ3) is 20.9. The maximum absolute atomic E-state index is 6.03. The SMILES string of the molecule is CO[SiH](C)O[Si](C)(C)C.CO[SiH](C)O[Si](C)(C)C.CO[SiH](C)O[Si](C)(C)c1ccccc1. The highest BCUT2D eigenvalue weighted by atomic mass is 28.4. The van der Waals surface area contributed by atoms with Crippen molar-refractivity contribution in [2.45, 2.75) is 72.0 Å². The van der Waals surface area contributed by atoms with Gasteiger partial charge < -0.3 is 25.6 Å². The third-order valence-electron chi connectivity index (χ3n) is 3.96. The molecule has 0 heterocycles. The van der Waals surface area contributed by atoms with E-state index in [2.05, 4.69) is 96.3 Å². The molecule has 190 valence electrons. The van der Waals surface area contributed by atoms with Gasteiger partial charge in [0.15, 0.2) is 16.6 Å². The number of hydrogen-bond acceptors (Lipinski definition) is 6. The van der Waals surface area contributed by atoms with Crippen LogP contribution in [0.2, 0.25) is 72.0 Å². The van der Waals surface area contributed by atoms with Gasteiger partial charge in [-0.05, 0) is 77.2 Å². The van der Waals surface area contributed by atoms with Gasteiger partial charge in [0, 0.05) is 21.3 Å². The van der Waals surface area contributed by atoms with Crippen LogP contribution in [0.4, 0.5) is 0 Å². The Balaban J connectivity index is 0. The minimum absolute atomic E-state index is 1.24. The monoisotopic (exact) mass is 554 g/mol. The highest BCUT2D eigenvalue weighted by molar-refractivity contribution is 6.88. The molecule has 3 atom stereocenters. The first-order valence-electron chi connectivity index (χ1n) is 11.1. The summed E-state index contributed by atoms with van der Waals surface area (Å²) in [7, 11) is -3.07. The Kier molecular flexibility index (Phi) is 18.1. The first-order chi connectivity index (χ1) is 14.5. The molecule has 0 aliphatic rings. The van der Waals surface area contributed by atoms with E-state index >= 15 is 0 Å². The van der Waals surface area contributed by atoms with Crippen molar-refractivity contribution in [2.24, 2.45) is 0 Å². The predicted octanol–water partition coefficient (Wildman–Crippen LogP) is 4.28. The zero-order valence-corrected chi connectivity index (χ0v) is 29.5. The van der Waals surface area contributed by atoms with Crippen LogP contribution in [0.1, 0.15) is 0 Å². The van der Waals surface area contributed by atoms with Crippen LogP contribution in [0.5, 0.6) is 0 Å². The van der Waals surface area contributed by atoms with Gasteiger partial charge in [0.2, 0.25) is 8.32 Å². The van der Waals surface area contributed by atoms with Gasteiger partial charge in [-0.3, -0.25) is 0 Å². The Hall–Kier alpha value is 0.281. The zero-order valence-electron chi connectivity index (χ0n) is 23.1. The second-order valence-electron chi connectivity index (χ2n) is 9.86. The molecule has 0 amide bonds. The quantitative estimate of drug-likeness (QED) is 0.402. The molecule has 1 aromatic rings. The summed E-state index contributed by atoms with van der Waals surface area (Å²) in [6.45, 7) is 23.7. The molecule has 6 nitrogen and oxygen atoms in total. The van der Waals surface area contributed by atoms with Gasteiger partial charge in [0.25, 0.3) is 0 Å². The maximum Gasteiger partial charge on any atom is 0.307 e. The van der Waals surface area contributed by atoms with Crippen molar-refractivity contribution < 1.29 is 25.6 Å². The summed E-state index contributed by atoms with van der Waals surface area (Å²) >= 11 is 0. The van der Waals surface area contributed by atoms with E-state index in [1.54, 1.807) is 21.3 Å². The lowest BCUT2D eigenvalue weighted by atomic mass is 10.4. The largest absolute Gasteiger partial charge is 0.438 e. The Bertz CT molecular complexity index is 558. The van der Waals surface area contributed by atoms with Gasteiger partial charge in [-0.15, -0.1) is 0 Å². The lowest BCUT2D eigenvalue weighted by Crippen LogP contribution is -2.48. The zero-order chi connectivity index (χ0) is 25.6. The molecular weight excluding hydrogens is 505 g/mol. The van der Waals surface area contributed by atoms with Gasteiger partial charge in [0.1, 0.15) is 0 Å². The van der Waals surface area contributed by atoms with Gasteiger partial charge in [-0.2, -0.15) is 0 Å².